The lowest BCUT2D eigenvalue weighted by Crippen LogP contribution is -2.15. The Balaban J connectivity index is 2.30. The van der Waals surface area contributed by atoms with Crippen LogP contribution in [0.5, 0.6) is 0 Å². The first-order valence-corrected chi connectivity index (χ1v) is 6.28. The molecule has 8 heteroatoms. The first-order valence-electron chi connectivity index (χ1n) is 5.02. The Bertz CT molecular complexity index is 656. The molecule has 0 fully saturated rings. The smallest absolute Gasteiger partial charge is 0.337 e. The number of aromatic nitrogens is 1. The van der Waals surface area contributed by atoms with Gasteiger partial charge in [-0.1, -0.05) is 11.6 Å². The number of rotatable bonds is 3. The Hall–Kier alpha value is -2.12. The number of aromatic carboxylic acids is 1. The molecular weight excluding hydrogens is 290 g/mol. The summed E-state index contributed by atoms with van der Waals surface area (Å²) in [6.45, 7) is 0. The summed E-state index contributed by atoms with van der Waals surface area (Å²) in [6, 6.07) is 4.11. The highest BCUT2D eigenvalue weighted by Crippen LogP contribution is 2.22. The molecule has 0 aliphatic carbocycles. The van der Waals surface area contributed by atoms with Crippen LogP contribution in [-0.2, 0) is 0 Å². The molecule has 0 bridgehead atoms. The van der Waals surface area contributed by atoms with Crippen LogP contribution in [0.4, 0.5) is 10.8 Å². The minimum atomic E-state index is -1.16. The van der Waals surface area contributed by atoms with E-state index >= 15 is 0 Å². The van der Waals surface area contributed by atoms with Crippen LogP contribution in [0.25, 0.3) is 0 Å². The van der Waals surface area contributed by atoms with E-state index in [1.165, 1.54) is 23.6 Å². The van der Waals surface area contributed by atoms with Crippen molar-refractivity contribution in [1.82, 2.24) is 4.98 Å². The van der Waals surface area contributed by atoms with Crippen molar-refractivity contribution in [2.24, 2.45) is 0 Å². The summed E-state index contributed by atoms with van der Waals surface area (Å²) in [5.74, 6) is -1.71. The molecule has 0 saturated heterocycles. The normalized spacial score (nSPS) is 10.2. The van der Waals surface area contributed by atoms with Gasteiger partial charge < -0.3 is 16.2 Å². The summed E-state index contributed by atoms with van der Waals surface area (Å²) in [5.41, 5.74) is 5.60. The number of carboxylic acid groups (broad SMARTS) is 1. The quantitative estimate of drug-likeness (QED) is 0.806. The molecule has 2 rings (SSSR count). The van der Waals surface area contributed by atoms with Gasteiger partial charge in [0, 0.05) is 10.4 Å². The molecule has 0 radical (unpaired) electrons. The summed E-state index contributed by atoms with van der Waals surface area (Å²) >= 11 is 6.90. The van der Waals surface area contributed by atoms with Gasteiger partial charge in [0.2, 0.25) is 0 Å². The predicted molar refractivity (Wildman–Crippen MR) is 72.9 cm³/mol. The Morgan fingerprint density at radius 3 is 2.74 bits per heavy atom. The van der Waals surface area contributed by atoms with Gasteiger partial charge in [-0.15, -0.1) is 11.3 Å². The monoisotopic (exact) mass is 297 g/mol. The van der Waals surface area contributed by atoms with Crippen LogP contribution < -0.4 is 11.1 Å². The van der Waals surface area contributed by atoms with Crippen LogP contribution >= 0.6 is 22.9 Å². The lowest BCUT2D eigenvalue weighted by Gasteiger charge is -2.07. The summed E-state index contributed by atoms with van der Waals surface area (Å²) in [6.07, 6.45) is 0. The van der Waals surface area contributed by atoms with Crippen molar-refractivity contribution in [3.63, 3.8) is 0 Å². The Kier molecular flexibility index (Phi) is 3.68. The van der Waals surface area contributed by atoms with E-state index < -0.39 is 11.9 Å². The third-order valence-corrected chi connectivity index (χ3v) is 3.12. The van der Waals surface area contributed by atoms with Gasteiger partial charge in [0.15, 0.2) is 5.13 Å². The van der Waals surface area contributed by atoms with E-state index in [2.05, 4.69) is 10.3 Å². The fourth-order valence-corrected chi connectivity index (χ4v) is 2.10. The molecule has 0 unspecified atom stereocenters. The molecule has 0 saturated carbocycles. The maximum absolute atomic E-state index is 11.9. The predicted octanol–water partition coefficient (Wildman–Crippen LogP) is 2.33. The average Bonchev–Trinajstić information content (AvgIpc) is 2.75. The van der Waals surface area contributed by atoms with Gasteiger partial charge in [0.05, 0.1) is 11.3 Å². The third-order valence-electron chi connectivity index (χ3n) is 2.21. The van der Waals surface area contributed by atoms with Crippen molar-refractivity contribution in [2.75, 3.05) is 11.1 Å². The van der Waals surface area contributed by atoms with Crippen LogP contribution in [-0.4, -0.2) is 22.0 Å². The van der Waals surface area contributed by atoms with E-state index in [9.17, 15) is 9.59 Å². The molecule has 0 atom stereocenters. The number of anilines is 2. The number of hydrogen-bond donors (Lipinski definition) is 3. The largest absolute Gasteiger partial charge is 0.478 e. The molecular formula is C11H8ClN3O3S. The third kappa shape index (κ3) is 3.01. The highest BCUT2D eigenvalue weighted by atomic mass is 35.5. The van der Waals surface area contributed by atoms with Crippen molar-refractivity contribution in [3.8, 4) is 0 Å². The van der Waals surface area contributed by atoms with Crippen molar-refractivity contribution in [2.45, 2.75) is 0 Å². The maximum Gasteiger partial charge on any atom is 0.337 e. The number of nitrogen functional groups attached to an aromatic ring is 1. The number of nitrogens with zero attached hydrogens (tertiary/aromatic N) is 1. The molecule has 4 N–H and O–H groups in total. The van der Waals surface area contributed by atoms with Crippen LogP contribution in [0.2, 0.25) is 5.02 Å². The highest BCUT2D eigenvalue weighted by molar-refractivity contribution is 7.13. The number of amides is 1. The second-order valence-electron chi connectivity index (χ2n) is 3.52. The van der Waals surface area contributed by atoms with Crippen LogP contribution in [0.1, 0.15) is 20.8 Å². The van der Waals surface area contributed by atoms with E-state index in [1.54, 1.807) is 0 Å². The summed E-state index contributed by atoms with van der Waals surface area (Å²) in [4.78, 5) is 26.7. The van der Waals surface area contributed by atoms with Crippen molar-refractivity contribution >= 4 is 45.6 Å². The zero-order chi connectivity index (χ0) is 14.0. The number of halogens is 1. The topological polar surface area (TPSA) is 105 Å². The average molecular weight is 298 g/mol. The lowest BCUT2D eigenvalue weighted by molar-refractivity contribution is 0.0698. The summed E-state index contributed by atoms with van der Waals surface area (Å²) in [5, 5.41) is 13.5. The fourth-order valence-electron chi connectivity index (χ4n) is 1.38. The number of thiazole rings is 1. The number of nitrogens with two attached hydrogens (primary N) is 1. The van der Waals surface area contributed by atoms with Crippen molar-refractivity contribution in [3.05, 3.63) is 39.9 Å². The number of hydrogen-bond acceptors (Lipinski definition) is 5. The van der Waals surface area contributed by atoms with Gasteiger partial charge in [-0.05, 0) is 18.2 Å². The van der Waals surface area contributed by atoms with E-state index in [4.69, 9.17) is 22.4 Å². The van der Waals surface area contributed by atoms with Crippen molar-refractivity contribution in [1.29, 1.82) is 0 Å². The molecule has 98 valence electrons. The van der Waals surface area contributed by atoms with Crippen LogP contribution in [0, 0.1) is 0 Å². The van der Waals surface area contributed by atoms with Gasteiger partial charge in [-0.2, -0.15) is 0 Å². The zero-order valence-corrected chi connectivity index (χ0v) is 11.0. The maximum atomic E-state index is 11.9. The van der Waals surface area contributed by atoms with E-state index in [0.29, 0.717) is 5.02 Å². The zero-order valence-electron chi connectivity index (χ0n) is 9.38. The van der Waals surface area contributed by atoms with Gasteiger partial charge in [-0.3, -0.25) is 4.79 Å². The van der Waals surface area contributed by atoms with Gasteiger partial charge in [0.25, 0.3) is 5.91 Å². The molecule has 1 aromatic heterocycles. The first-order chi connectivity index (χ1) is 8.97. The Morgan fingerprint density at radius 1 is 1.42 bits per heavy atom. The summed E-state index contributed by atoms with van der Waals surface area (Å²) < 4.78 is 0. The van der Waals surface area contributed by atoms with Gasteiger partial charge in [-0.25, -0.2) is 9.78 Å². The molecule has 6 nitrogen and oxygen atoms in total. The number of carboxylic acids is 1. The second kappa shape index (κ2) is 5.25. The lowest BCUT2D eigenvalue weighted by atomic mass is 10.1. The summed E-state index contributed by atoms with van der Waals surface area (Å²) in [7, 11) is 0. The number of nitrogens with one attached hydrogen (secondary N) is 1. The van der Waals surface area contributed by atoms with E-state index in [-0.39, 0.29) is 22.1 Å². The molecule has 0 aliphatic rings. The highest BCUT2D eigenvalue weighted by Gasteiger charge is 2.15. The number of benzene rings is 1. The van der Waals surface area contributed by atoms with Gasteiger partial charge >= 0.3 is 5.97 Å². The molecule has 1 heterocycles. The Labute approximate surface area is 116 Å². The second-order valence-corrected chi connectivity index (χ2v) is 4.85. The fraction of sp³-hybridized carbons (Fsp3) is 0. The minimum absolute atomic E-state index is 0.0547. The molecule has 19 heavy (non-hydrogen) atoms. The first kappa shape index (κ1) is 13.3. The number of carbonyl (C=O) groups is 2. The SMILES string of the molecule is Nc1nc(C(=O)Nc2cc(Cl)ccc2C(=O)O)cs1. The molecule has 1 amide bonds. The Morgan fingerprint density at radius 2 is 2.16 bits per heavy atom. The van der Waals surface area contributed by atoms with Crippen molar-refractivity contribution < 1.29 is 14.7 Å². The van der Waals surface area contributed by atoms with Gasteiger partial charge in [0.1, 0.15) is 5.69 Å². The van der Waals surface area contributed by atoms with Crippen LogP contribution in [0.15, 0.2) is 23.6 Å². The number of carbonyl (C=O) groups excluding carboxylic acids is 1. The van der Waals surface area contributed by atoms with E-state index in [0.717, 1.165) is 11.3 Å². The molecule has 0 aliphatic heterocycles. The van der Waals surface area contributed by atoms with E-state index in [1.807, 2.05) is 0 Å². The molecule has 1 aromatic carbocycles. The minimum Gasteiger partial charge on any atom is -0.478 e. The standard InChI is InChI=1S/C11H8ClN3O3S/c12-5-1-2-6(10(17)18)7(3-5)14-9(16)8-4-19-11(13)15-8/h1-4H,(H2,13,15)(H,14,16)(H,17,18). The van der Waals surface area contributed by atoms with Crippen LogP contribution in [0.3, 0.4) is 0 Å². The molecule has 0 spiro atoms. The molecule has 2 aromatic rings.